The molecule has 25 heavy (non-hydrogen) atoms. The first-order chi connectivity index (χ1) is 11.6. The van der Waals surface area contributed by atoms with E-state index >= 15 is 0 Å². The molecule has 0 aliphatic carbocycles. The summed E-state index contributed by atoms with van der Waals surface area (Å²) in [5, 5.41) is 13.2. The third kappa shape index (κ3) is 5.91. The van der Waals surface area contributed by atoms with Crippen LogP contribution >= 0.6 is 11.6 Å². The molecule has 1 amide bonds. The molecule has 2 aromatic rings. The number of amides is 1. The van der Waals surface area contributed by atoms with Crippen molar-refractivity contribution < 1.29 is 14.7 Å². The van der Waals surface area contributed by atoms with Crippen LogP contribution in [0.15, 0.2) is 42.5 Å². The zero-order chi connectivity index (χ0) is 18.6. The zero-order valence-electron chi connectivity index (χ0n) is 14.6. The van der Waals surface area contributed by atoms with Crippen LogP contribution in [-0.4, -0.2) is 22.3 Å². The van der Waals surface area contributed by atoms with Crippen molar-refractivity contribution in [1.82, 2.24) is 5.32 Å². The minimum atomic E-state index is -0.326. The van der Waals surface area contributed by atoms with Crippen molar-refractivity contribution in [2.24, 2.45) is 0 Å². The van der Waals surface area contributed by atoms with Gasteiger partial charge in [0.15, 0.2) is 0 Å². The second kappa shape index (κ2) is 7.70. The van der Waals surface area contributed by atoms with Gasteiger partial charge in [-0.15, -0.1) is 0 Å². The highest BCUT2D eigenvalue weighted by Crippen LogP contribution is 2.22. The lowest BCUT2D eigenvalue weighted by molar-refractivity contribution is -0.117. The summed E-state index contributed by atoms with van der Waals surface area (Å²) >= 11 is 5.90. The number of phenols is 1. The van der Waals surface area contributed by atoms with Crippen molar-refractivity contribution in [3.8, 4) is 5.75 Å². The van der Waals surface area contributed by atoms with E-state index in [1.165, 1.54) is 6.07 Å². The van der Waals surface area contributed by atoms with Gasteiger partial charge in [-0.1, -0.05) is 23.7 Å². The third-order valence-electron chi connectivity index (χ3n) is 3.51. The summed E-state index contributed by atoms with van der Waals surface area (Å²) in [6, 6.07) is 11.6. The van der Waals surface area contributed by atoms with Crippen LogP contribution in [0.3, 0.4) is 0 Å². The Morgan fingerprint density at radius 1 is 1.08 bits per heavy atom. The Morgan fingerprint density at radius 3 is 2.48 bits per heavy atom. The molecular formula is C20H22ClNO3. The van der Waals surface area contributed by atoms with Crippen molar-refractivity contribution in [1.29, 1.82) is 0 Å². The molecule has 0 heterocycles. The number of hydrogen-bond donors (Lipinski definition) is 2. The maximum absolute atomic E-state index is 12.3. The minimum absolute atomic E-state index is 0.0519. The summed E-state index contributed by atoms with van der Waals surface area (Å²) in [6.45, 7) is 5.74. The fourth-order valence-electron chi connectivity index (χ4n) is 2.43. The topological polar surface area (TPSA) is 66.4 Å². The van der Waals surface area contributed by atoms with Gasteiger partial charge in [-0.05, 0) is 56.7 Å². The van der Waals surface area contributed by atoms with Gasteiger partial charge in [0.25, 0.3) is 5.91 Å². The van der Waals surface area contributed by atoms with Crippen molar-refractivity contribution in [3.05, 3.63) is 64.2 Å². The monoisotopic (exact) mass is 359 g/mol. The smallest absolute Gasteiger partial charge is 0.251 e. The zero-order valence-corrected chi connectivity index (χ0v) is 15.4. The molecule has 0 fully saturated rings. The van der Waals surface area contributed by atoms with Crippen LogP contribution < -0.4 is 5.32 Å². The Balaban J connectivity index is 2.07. The van der Waals surface area contributed by atoms with Crippen molar-refractivity contribution >= 4 is 23.3 Å². The summed E-state index contributed by atoms with van der Waals surface area (Å²) in [6.07, 6.45) is 0.271. The molecule has 0 saturated carbocycles. The number of benzene rings is 2. The SMILES string of the molecule is CC(C)(C)NC(=O)c1cccc(CC(=O)Cc2cc(Cl)ccc2O)c1. The molecule has 0 radical (unpaired) electrons. The molecule has 4 nitrogen and oxygen atoms in total. The van der Waals surface area contributed by atoms with E-state index in [1.807, 2.05) is 26.8 Å². The lowest BCUT2D eigenvalue weighted by atomic mass is 10.00. The normalized spacial score (nSPS) is 11.2. The second-order valence-corrected chi connectivity index (χ2v) is 7.51. The summed E-state index contributed by atoms with van der Waals surface area (Å²) in [5.74, 6) is -0.184. The molecule has 0 atom stereocenters. The van der Waals surface area contributed by atoms with E-state index in [1.54, 1.807) is 30.3 Å². The first-order valence-electron chi connectivity index (χ1n) is 8.04. The fourth-order valence-corrected chi connectivity index (χ4v) is 2.63. The first-order valence-corrected chi connectivity index (χ1v) is 8.42. The van der Waals surface area contributed by atoms with Gasteiger partial charge >= 0.3 is 0 Å². The number of halogens is 1. The number of aromatic hydroxyl groups is 1. The van der Waals surface area contributed by atoms with E-state index in [9.17, 15) is 14.7 Å². The number of phenolic OH excluding ortho intramolecular Hbond substituents is 1. The number of carbonyl (C=O) groups excluding carboxylic acids is 2. The Bertz CT molecular complexity index is 794. The molecule has 0 spiro atoms. The average molecular weight is 360 g/mol. The van der Waals surface area contributed by atoms with Crippen LogP contribution in [0.5, 0.6) is 5.75 Å². The number of Topliss-reactive ketones (excluding diaryl/α,β-unsaturated/α-hetero) is 1. The molecule has 2 N–H and O–H groups in total. The largest absolute Gasteiger partial charge is 0.508 e. The maximum Gasteiger partial charge on any atom is 0.251 e. The van der Waals surface area contributed by atoms with E-state index in [-0.39, 0.29) is 35.8 Å². The number of ketones is 1. The molecule has 0 bridgehead atoms. The van der Waals surface area contributed by atoms with E-state index in [4.69, 9.17) is 11.6 Å². The highest BCUT2D eigenvalue weighted by molar-refractivity contribution is 6.30. The highest BCUT2D eigenvalue weighted by Gasteiger charge is 2.16. The van der Waals surface area contributed by atoms with E-state index in [2.05, 4.69) is 5.32 Å². The molecule has 0 aromatic heterocycles. The second-order valence-electron chi connectivity index (χ2n) is 7.07. The van der Waals surface area contributed by atoms with Crippen LogP contribution in [0.2, 0.25) is 5.02 Å². The number of rotatable bonds is 5. The lowest BCUT2D eigenvalue weighted by Gasteiger charge is -2.20. The summed E-state index contributed by atoms with van der Waals surface area (Å²) < 4.78 is 0. The van der Waals surface area contributed by atoms with Gasteiger partial charge in [0, 0.05) is 34.5 Å². The number of carbonyl (C=O) groups is 2. The highest BCUT2D eigenvalue weighted by atomic mass is 35.5. The molecule has 132 valence electrons. The van der Waals surface area contributed by atoms with Gasteiger partial charge in [0.2, 0.25) is 0 Å². The predicted molar refractivity (Wildman–Crippen MR) is 99.2 cm³/mol. The standard InChI is InChI=1S/C20H22ClNO3/c1-20(2,3)22-19(25)14-6-4-5-13(9-14)10-17(23)12-15-11-16(21)7-8-18(15)24/h4-9,11,24H,10,12H2,1-3H3,(H,22,25). The average Bonchev–Trinajstić information content (AvgIpc) is 2.49. The molecule has 2 rings (SSSR count). The van der Waals surface area contributed by atoms with Crippen LogP contribution in [0.1, 0.15) is 42.3 Å². The van der Waals surface area contributed by atoms with E-state index in [0.29, 0.717) is 16.1 Å². The van der Waals surface area contributed by atoms with Crippen molar-refractivity contribution in [2.75, 3.05) is 0 Å². The Labute approximate surface area is 152 Å². The molecule has 0 aliphatic heterocycles. The molecule has 0 saturated heterocycles. The Morgan fingerprint density at radius 2 is 1.80 bits per heavy atom. The van der Waals surface area contributed by atoms with Gasteiger partial charge in [-0.3, -0.25) is 9.59 Å². The van der Waals surface area contributed by atoms with Crippen LogP contribution in [-0.2, 0) is 17.6 Å². The van der Waals surface area contributed by atoms with Gasteiger partial charge < -0.3 is 10.4 Å². The van der Waals surface area contributed by atoms with Gasteiger partial charge in [0.05, 0.1) is 0 Å². The Kier molecular flexibility index (Phi) is 5.85. The maximum atomic E-state index is 12.3. The summed E-state index contributed by atoms with van der Waals surface area (Å²) in [4.78, 5) is 24.5. The summed E-state index contributed by atoms with van der Waals surface area (Å²) in [5.41, 5.74) is 1.45. The summed E-state index contributed by atoms with van der Waals surface area (Å²) in [7, 11) is 0. The van der Waals surface area contributed by atoms with E-state index in [0.717, 1.165) is 5.56 Å². The molecular weight excluding hydrogens is 338 g/mol. The molecule has 5 heteroatoms. The number of hydrogen-bond acceptors (Lipinski definition) is 3. The fraction of sp³-hybridized carbons (Fsp3) is 0.300. The predicted octanol–water partition coefficient (Wildman–Crippen LogP) is 3.93. The lowest BCUT2D eigenvalue weighted by Crippen LogP contribution is -2.40. The molecule has 0 unspecified atom stereocenters. The first kappa shape index (κ1) is 19.0. The van der Waals surface area contributed by atoms with Gasteiger partial charge in [0.1, 0.15) is 11.5 Å². The van der Waals surface area contributed by atoms with E-state index < -0.39 is 0 Å². The number of nitrogens with one attached hydrogen (secondary N) is 1. The minimum Gasteiger partial charge on any atom is -0.508 e. The quantitative estimate of drug-likeness (QED) is 0.850. The van der Waals surface area contributed by atoms with Crippen LogP contribution in [0, 0.1) is 0 Å². The molecule has 0 aliphatic rings. The third-order valence-corrected chi connectivity index (χ3v) is 3.74. The Hall–Kier alpha value is -2.33. The molecule has 2 aromatic carbocycles. The van der Waals surface area contributed by atoms with Crippen molar-refractivity contribution in [3.63, 3.8) is 0 Å². The van der Waals surface area contributed by atoms with Crippen LogP contribution in [0.4, 0.5) is 0 Å². The van der Waals surface area contributed by atoms with Crippen LogP contribution in [0.25, 0.3) is 0 Å². The van der Waals surface area contributed by atoms with Gasteiger partial charge in [-0.25, -0.2) is 0 Å². The van der Waals surface area contributed by atoms with Crippen molar-refractivity contribution in [2.45, 2.75) is 39.2 Å². The van der Waals surface area contributed by atoms with Gasteiger partial charge in [-0.2, -0.15) is 0 Å².